The van der Waals surface area contributed by atoms with Crippen LogP contribution in [0.1, 0.15) is 5.56 Å². The van der Waals surface area contributed by atoms with Crippen LogP contribution < -0.4 is 10.0 Å². The summed E-state index contributed by atoms with van der Waals surface area (Å²) in [5, 5.41) is 5.34. The molecule has 1 aromatic heterocycles. The Kier molecular flexibility index (Phi) is 5.74. The van der Waals surface area contributed by atoms with Crippen molar-refractivity contribution in [2.24, 2.45) is 0 Å². The lowest BCUT2D eigenvalue weighted by Crippen LogP contribution is -2.15. The van der Waals surface area contributed by atoms with Crippen molar-refractivity contribution >= 4 is 45.1 Å². The van der Waals surface area contributed by atoms with Gasteiger partial charge in [-0.2, -0.15) is 4.72 Å². The zero-order valence-corrected chi connectivity index (χ0v) is 15.0. The van der Waals surface area contributed by atoms with Crippen LogP contribution >= 0.6 is 22.9 Å². The lowest BCUT2D eigenvalue weighted by atomic mass is 10.2. The van der Waals surface area contributed by atoms with Crippen LogP contribution in [0.2, 0.25) is 5.02 Å². The van der Waals surface area contributed by atoms with Crippen LogP contribution in [0.25, 0.3) is 0 Å². The summed E-state index contributed by atoms with van der Waals surface area (Å²) in [5.41, 5.74) is 1.18. The molecule has 0 aliphatic heterocycles. The molecule has 0 radical (unpaired) electrons. The molecule has 3 aromatic rings. The first kappa shape index (κ1) is 17.9. The van der Waals surface area contributed by atoms with Gasteiger partial charge in [0.25, 0.3) is 0 Å². The SMILES string of the molecule is [O-][S+](Nc1nccs1)c1cc(Cl)c(NCc2ccc(F)cc2)cc1F. The number of rotatable bonds is 6. The number of benzene rings is 2. The molecule has 1 atom stereocenters. The number of hydrogen-bond donors (Lipinski definition) is 2. The number of nitrogens with zero attached hydrogens (tertiary/aromatic N) is 1. The number of aromatic nitrogens is 1. The Morgan fingerprint density at radius 1 is 1.20 bits per heavy atom. The highest BCUT2D eigenvalue weighted by molar-refractivity contribution is 7.93. The molecule has 0 aliphatic carbocycles. The zero-order valence-electron chi connectivity index (χ0n) is 12.6. The van der Waals surface area contributed by atoms with Crippen molar-refractivity contribution < 1.29 is 13.3 Å². The average molecular weight is 400 g/mol. The number of halogens is 3. The summed E-state index contributed by atoms with van der Waals surface area (Å²) in [7, 11) is 0. The minimum Gasteiger partial charge on any atom is -0.588 e. The number of thiazole rings is 1. The first-order valence-corrected chi connectivity index (χ1v) is 9.49. The van der Waals surface area contributed by atoms with Crippen LogP contribution in [0, 0.1) is 11.6 Å². The summed E-state index contributed by atoms with van der Waals surface area (Å²) in [6.45, 7) is 0.346. The van der Waals surface area contributed by atoms with E-state index in [1.165, 1.54) is 35.6 Å². The second kappa shape index (κ2) is 8.01. The molecular weight excluding hydrogens is 388 g/mol. The molecule has 25 heavy (non-hydrogen) atoms. The summed E-state index contributed by atoms with van der Waals surface area (Å²) >= 11 is 5.59. The van der Waals surface area contributed by atoms with Gasteiger partial charge in [0.05, 0.1) is 10.7 Å². The van der Waals surface area contributed by atoms with Crippen LogP contribution in [0.4, 0.5) is 19.6 Å². The maximum Gasteiger partial charge on any atom is 0.226 e. The third-order valence-electron chi connectivity index (χ3n) is 3.23. The predicted molar refractivity (Wildman–Crippen MR) is 97.3 cm³/mol. The summed E-state index contributed by atoms with van der Waals surface area (Å²) in [4.78, 5) is 3.88. The van der Waals surface area contributed by atoms with Crippen LogP contribution in [-0.4, -0.2) is 9.54 Å². The van der Waals surface area contributed by atoms with E-state index in [4.69, 9.17) is 11.6 Å². The summed E-state index contributed by atoms with van der Waals surface area (Å²) in [6, 6.07) is 8.41. The Balaban J connectivity index is 1.72. The van der Waals surface area contributed by atoms with Gasteiger partial charge in [-0.25, -0.2) is 13.8 Å². The fourth-order valence-corrected chi connectivity index (χ4v) is 3.88. The highest BCUT2D eigenvalue weighted by Gasteiger charge is 2.21. The molecule has 2 aromatic carbocycles. The lowest BCUT2D eigenvalue weighted by molar-refractivity contribution is 0.570. The first-order chi connectivity index (χ1) is 12.0. The quantitative estimate of drug-likeness (QED) is 0.583. The maximum atomic E-state index is 14.3. The Morgan fingerprint density at radius 3 is 2.64 bits per heavy atom. The van der Waals surface area contributed by atoms with Crippen molar-refractivity contribution in [3.63, 3.8) is 0 Å². The molecule has 1 unspecified atom stereocenters. The summed E-state index contributed by atoms with van der Waals surface area (Å²) in [5.74, 6) is -0.985. The molecule has 2 N–H and O–H groups in total. The Morgan fingerprint density at radius 2 is 1.96 bits per heavy atom. The lowest BCUT2D eigenvalue weighted by Gasteiger charge is -2.13. The van der Waals surface area contributed by atoms with E-state index in [1.54, 1.807) is 23.7 Å². The van der Waals surface area contributed by atoms with Gasteiger partial charge in [-0.1, -0.05) is 23.7 Å². The predicted octanol–water partition coefficient (Wildman–Crippen LogP) is 4.82. The van der Waals surface area contributed by atoms with E-state index in [9.17, 15) is 13.3 Å². The van der Waals surface area contributed by atoms with Gasteiger partial charge < -0.3 is 9.87 Å². The van der Waals surface area contributed by atoms with E-state index in [2.05, 4.69) is 15.0 Å². The highest BCUT2D eigenvalue weighted by Crippen LogP contribution is 2.29. The fourth-order valence-electron chi connectivity index (χ4n) is 2.01. The molecule has 0 saturated carbocycles. The van der Waals surface area contributed by atoms with Gasteiger partial charge in [-0.15, -0.1) is 11.3 Å². The number of anilines is 2. The van der Waals surface area contributed by atoms with E-state index in [1.807, 2.05) is 0 Å². The van der Waals surface area contributed by atoms with E-state index in [0.29, 0.717) is 17.4 Å². The van der Waals surface area contributed by atoms with Gasteiger partial charge in [0.1, 0.15) is 17.2 Å². The van der Waals surface area contributed by atoms with Gasteiger partial charge in [0, 0.05) is 30.3 Å². The molecule has 3 rings (SSSR count). The Labute approximate surface area is 155 Å². The van der Waals surface area contributed by atoms with Crippen LogP contribution in [0.15, 0.2) is 52.9 Å². The minimum absolute atomic E-state index is 0.0625. The van der Waals surface area contributed by atoms with Gasteiger partial charge >= 0.3 is 0 Å². The van der Waals surface area contributed by atoms with Crippen molar-refractivity contribution in [1.82, 2.24) is 4.98 Å². The highest BCUT2D eigenvalue weighted by atomic mass is 35.5. The van der Waals surface area contributed by atoms with Crippen LogP contribution in [0.3, 0.4) is 0 Å². The largest absolute Gasteiger partial charge is 0.588 e. The normalized spacial score (nSPS) is 12.0. The standard InChI is InChI=1S/C16H12ClF2N3OS2/c17-12-7-15(25(23)22-16-20-5-6-24-16)13(19)8-14(12)21-9-10-1-3-11(18)4-2-10/h1-8,21H,9H2,(H,20,22). The van der Waals surface area contributed by atoms with Gasteiger partial charge in [0.15, 0.2) is 5.82 Å². The zero-order chi connectivity index (χ0) is 17.8. The molecule has 0 bridgehead atoms. The smallest absolute Gasteiger partial charge is 0.226 e. The van der Waals surface area contributed by atoms with E-state index >= 15 is 0 Å². The molecule has 9 heteroatoms. The molecule has 4 nitrogen and oxygen atoms in total. The first-order valence-electron chi connectivity index (χ1n) is 7.08. The van der Waals surface area contributed by atoms with Crippen LogP contribution in [0.5, 0.6) is 0 Å². The maximum absolute atomic E-state index is 14.3. The third kappa shape index (κ3) is 4.60. The third-order valence-corrected chi connectivity index (χ3v) is 5.45. The fraction of sp³-hybridized carbons (Fsp3) is 0.0625. The second-order valence-electron chi connectivity index (χ2n) is 4.95. The molecular formula is C16H12ClF2N3OS2. The summed E-state index contributed by atoms with van der Waals surface area (Å²) in [6.07, 6.45) is 1.55. The van der Waals surface area contributed by atoms with Crippen molar-refractivity contribution in [2.75, 3.05) is 10.0 Å². The number of nitrogens with one attached hydrogen (secondary N) is 2. The van der Waals surface area contributed by atoms with Crippen molar-refractivity contribution in [3.05, 3.63) is 70.2 Å². The Bertz CT molecular complexity index is 847. The van der Waals surface area contributed by atoms with E-state index in [0.717, 1.165) is 5.56 Å². The molecule has 1 heterocycles. The van der Waals surface area contributed by atoms with Crippen LogP contribution in [-0.2, 0) is 17.9 Å². The van der Waals surface area contributed by atoms with Crippen molar-refractivity contribution in [3.8, 4) is 0 Å². The Hall–Kier alpha value is -1.87. The van der Waals surface area contributed by atoms with Gasteiger partial charge in [-0.05, 0) is 17.7 Å². The van der Waals surface area contributed by atoms with Gasteiger partial charge in [-0.3, -0.25) is 0 Å². The molecule has 0 spiro atoms. The monoisotopic (exact) mass is 399 g/mol. The van der Waals surface area contributed by atoms with Gasteiger partial charge in [0.2, 0.25) is 10.0 Å². The topological polar surface area (TPSA) is 60.0 Å². The summed E-state index contributed by atoms with van der Waals surface area (Å²) < 4.78 is 42.0. The molecule has 130 valence electrons. The number of hydrogen-bond acceptors (Lipinski definition) is 5. The van der Waals surface area contributed by atoms with E-state index in [-0.39, 0.29) is 15.7 Å². The van der Waals surface area contributed by atoms with E-state index < -0.39 is 17.2 Å². The molecule has 0 fully saturated rings. The van der Waals surface area contributed by atoms with Crippen molar-refractivity contribution in [1.29, 1.82) is 0 Å². The molecule has 0 amide bonds. The van der Waals surface area contributed by atoms with Crippen molar-refractivity contribution in [2.45, 2.75) is 11.4 Å². The molecule has 0 saturated heterocycles. The minimum atomic E-state index is -1.82. The second-order valence-corrected chi connectivity index (χ2v) is 7.43. The molecule has 0 aliphatic rings. The average Bonchev–Trinajstić information content (AvgIpc) is 3.09.